The first-order valence-corrected chi connectivity index (χ1v) is 7.31. The van der Waals surface area contributed by atoms with Crippen LogP contribution in [0, 0.1) is 0 Å². The quantitative estimate of drug-likeness (QED) is 0.455. The average molecular weight is 463 g/mol. The highest BCUT2D eigenvalue weighted by molar-refractivity contribution is 5.57. The van der Waals surface area contributed by atoms with Crippen LogP contribution in [0.3, 0.4) is 0 Å². The summed E-state index contributed by atoms with van der Waals surface area (Å²) in [5.41, 5.74) is -2.52. The average Bonchev–Trinajstić information content (AvgIpc) is 3.11. The van der Waals surface area contributed by atoms with Crippen LogP contribution in [0.1, 0.15) is 5.69 Å². The SMILES string of the molecule is FC(F)(F)C(F)(F)C(F)(F)C(F)(F)C(F)(F)C(F)(F)c1cc(-c2ccccc2)on1. The minimum Gasteiger partial charge on any atom is -0.356 e. The third-order valence-corrected chi connectivity index (χ3v) is 3.82. The number of alkyl halides is 13. The van der Waals surface area contributed by atoms with Crippen LogP contribution < -0.4 is 0 Å². The van der Waals surface area contributed by atoms with Gasteiger partial charge in [-0.1, -0.05) is 35.5 Å². The summed E-state index contributed by atoms with van der Waals surface area (Å²) in [6.45, 7) is 0. The fourth-order valence-corrected chi connectivity index (χ4v) is 2.09. The van der Waals surface area contributed by atoms with E-state index in [1.165, 1.54) is 18.2 Å². The molecule has 2 rings (SSSR count). The van der Waals surface area contributed by atoms with Crippen LogP contribution in [-0.4, -0.2) is 35.0 Å². The molecule has 0 fully saturated rings. The van der Waals surface area contributed by atoms with Crippen molar-refractivity contribution in [1.29, 1.82) is 0 Å². The molecule has 15 heteroatoms. The van der Waals surface area contributed by atoms with Gasteiger partial charge in [0.15, 0.2) is 11.5 Å². The third-order valence-electron chi connectivity index (χ3n) is 3.82. The molecule has 0 aliphatic rings. The molecule has 0 aliphatic carbocycles. The predicted octanol–water partition coefficient (Wildman–Crippen LogP) is 6.54. The molecule has 1 aromatic heterocycles. The van der Waals surface area contributed by atoms with Gasteiger partial charge in [-0.25, -0.2) is 0 Å². The molecular weight excluding hydrogens is 457 g/mol. The van der Waals surface area contributed by atoms with Crippen molar-refractivity contribution < 1.29 is 61.6 Å². The third kappa shape index (κ3) is 3.17. The van der Waals surface area contributed by atoms with E-state index in [2.05, 4.69) is 9.68 Å². The van der Waals surface area contributed by atoms with Gasteiger partial charge >= 0.3 is 35.8 Å². The Kier molecular flexibility index (Phi) is 5.37. The van der Waals surface area contributed by atoms with Crippen molar-refractivity contribution in [2.24, 2.45) is 0 Å². The van der Waals surface area contributed by atoms with Crippen LogP contribution >= 0.6 is 0 Å². The molecule has 0 saturated carbocycles. The molecule has 2 nitrogen and oxygen atoms in total. The number of hydrogen-bond donors (Lipinski definition) is 0. The van der Waals surface area contributed by atoms with E-state index < -0.39 is 47.2 Å². The molecule has 0 aliphatic heterocycles. The number of aromatic nitrogens is 1. The topological polar surface area (TPSA) is 26.0 Å². The van der Waals surface area contributed by atoms with Crippen LogP contribution in [0.2, 0.25) is 0 Å². The van der Waals surface area contributed by atoms with Crippen molar-refractivity contribution in [1.82, 2.24) is 5.16 Å². The first-order chi connectivity index (χ1) is 13.3. The smallest absolute Gasteiger partial charge is 0.356 e. The molecule has 2 aromatic rings. The van der Waals surface area contributed by atoms with E-state index in [0.717, 1.165) is 12.1 Å². The van der Waals surface area contributed by atoms with Gasteiger partial charge in [-0.3, -0.25) is 0 Å². The summed E-state index contributed by atoms with van der Waals surface area (Å²) in [6, 6.07) is 6.20. The van der Waals surface area contributed by atoms with Crippen LogP contribution in [-0.2, 0) is 5.92 Å². The van der Waals surface area contributed by atoms with Crippen molar-refractivity contribution in [2.75, 3.05) is 0 Å². The fourth-order valence-electron chi connectivity index (χ4n) is 2.09. The van der Waals surface area contributed by atoms with Crippen LogP contribution in [0.4, 0.5) is 57.1 Å². The number of hydrogen-bond acceptors (Lipinski definition) is 2. The van der Waals surface area contributed by atoms with Gasteiger partial charge in [0, 0.05) is 11.6 Å². The molecule has 0 atom stereocenters. The minimum absolute atomic E-state index is 0.0840. The van der Waals surface area contributed by atoms with Gasteiger partial charge in [0.25, 0.3) is 0 Å². The normalized spacial score (nSPS) is 14.8. The Balaban J connectivity index is 2.54. The summed E-state index contributed by atoms with van der Waals surface area (Å²) in [6.07, 6.45) is -7.46. The minimum atomic E-state index is -7.96. The summed E-state index contributed by atoms with van der Waals surface area (Å²) in [5, 5.41) is 2.34. The molecule has 0 spiro atoms. The molecule has 0 radical (unpaired) electrons. The monoisotopic (exact) mass is 463 g/mol. The lowest BCUT2D eigenvalue weighted by molar-refractivity contribution is -0.442. The van der Waals surface area contributed by atoms with Crippen LogP contribution in [0.15, 0.2) is 40.9 Å². The van der Waals surface area contributed by atoms with E-state index in [0.29, 0.717) is 0 Å². The van der Waals surface area contributed by atoms with Crippen molar-refractivity contribution in [2.45, 2.75) is 35.8 Å². The first kappa shape index (κ1) is 23.8. The van der Waals surface area contributed by atoms with E-state index >= 15 is 0 Å². The van der Waals surface area contributed by atoms with Crippen LogP contribution in [0.5, 0.6) is 0 Å². The van der Waals surface area contributed by atoms with E-state index in [-0.39, 0.29) is 11.6 Å². The Morgan fingerprint density at radius 1 is 0.600 bits per heavy atom. The largest absolute Gasteiger partial charge is 0.460 e. The number of benzene rings is 1. The zero-order valence-corrected chi connectivity index (χ0v) is 13.7. The van der Waals surface area contributed by atoms with E-state index in [9.17, 15) is 57.1 Å². The van der Waals surface area contributed by atoms with Gasteiger partial charge in [0.05, 0.1) is 0 Å². The Morgan fingerprint density at radius 3 is 1.53 bits per heavy atom. The van der Waals surface area contributed by atoms with Gasteiger partial charge in [0.2, 0.25) is 0 Å². The molecule has 1 aromatic carbocycles. The summed E-state index contributed by atoms with van der Waals surface area (Å²) < 4.78 is 175. The standard InChI is InChI=1S/C15H6F13NO/c16-10(17,9-6-8(30-29-9)7-4-2-1-3-5-7)11(18,19)12(20,21)13(22,23)14(24,25)15(26,27)28/h1-6H. The van der Waals surface area contributed by atoms with Gasteiger partial charge < -0.3 is 4.52 Å². The van der Waals surface area contributed by atoms with E-state index in [1.54, 1.807) is 0 Å². The summed E-state index contributed by atoms with van der Waals surface area (Å²) >= 11 is 0. The number of nitrogens with zero attached hydrogens (tertiary/aromatic N) is 1. The maximum atomic E-state index is 14.0. The Hall–Kier alpha value is -2.48. The van der Waals surface area contributed by atoms with Gasteiger partial charge in [0.1, 0.15) is 0 Å². The Morgan fingerprint density at radius 2 is 1.07 bits per heavy atom. The summed E-state index contributed by atoms with van der Waals surface area (Å²) in [5.74, 6) is -38.3. The molecule has 0 bridgehead atoms. The predicted molar refractivity (Wildman–Crippen MR) is 71.7 cm³/mol. The molecule has 168 valence electrons. The summed E-state index contributed by atoms with van der Waals surface area (Å²) in [7, 11) is 0. The molecule has 0 unspecified atom stereocenters. The highest BCUT2D eigenvalue weighted by atomic mass is 19.4. The zero-order valence-electron chi connectivity index (χ0n) is 13.7. The second kappa shape index (κ2) is 6.77. The lowest BCUT2D eigenvalue weighted by Gasteiger charge is -2.39. The van der Waals surface area contributed by atoms with Crippen molar-refractivity contribution in [3.8, 4) is 11.3 Å². The van der Waals surface area contributed by atoms with Crippen molar-refractivity contribution >= 4 is 0 Å². The number of rotatable bonds is 6. The lowest BCUT2D eigenvalue weighted by atomic mass is 9.92. The maximum Gasteiger partial charge on any atom is 0.460 e. The second-order valence-electron chi connectivity index (χ2n) is 5.81. The van der Waals surface area contributed by atoms with Gasteiger partial charge in [-0.05, 0) is 0 Å². The Bertz CT molecular complexity index is 885. The number of halogens is 13. The van der Waals surface area contributed by atoms with Crippen molar-refractivity contribution in [3.63, 3.8) is 0 Å². The van der Waals surface area contributed by atoms with Crippen LogP contribution in [0.25, 0.3) is 11.3 Å². The van der Waals surface area contributed by atoms with Gasteiger partial charge in [-0.15, -0.1) is 0 Å². The molecule has 1 heterocycles. The summed E-state index contributed by atoms with van der Waals surface area (Å²) in [4.78, 5) is 0. The van der Waals surface area contributed by atoms with E-state index in [1.807, 2.05) is 0 Å². The molecule has 0 amide bonds. The van der Waals surface area contributed by atoms with E-state index in [4.69, 9.17) is 0 Å². The highest BCUT2D eigenvalue weighted by Gasteiger charge is 2.91. The lowest BCUT2D eigenvalue weighted by Crippen LogP contribution is -2.69. The van der Waals surface area contributed by atoms with Crippen molar-refractivity contribution in [3.05, 3.63) is 42.1 Å². The van der Waals surface area contributed by atoms with Gasteiger partial charge in [-0.2, -0.15) is 57.1 Å². The maximum absolute atomic E-state index is 14.0. The molecule has 0 saturated heterocycles. The molecular formula is C15H6F13NO. The second-order valence-corrected chi connectivity index (χ2v) is 5.81. The highest BCUT2D eigenvalue weighted by Crippen LogP contribution is 2.62. The Labute approximate surface area is 157 Å². The molecule has 0 N–H and O–H groups in total. The fraction of sp³-hybridized carbons (Fsp3) is 0.400. The zero-order chi connectivity index (χ0) is 23.4. The first-order valence-electron chi connectivity index (χ1n) is 7.31. The molecule has 30 heavy (non-hydrogen) atoms.